The zero-order valence-electron chi connectivity index (χ0n) is 9.16. The Morgan fingerprint density at radius 3 is 2.40 bits per heavy atom. The van der Waals surface area contributed by atoms with E-state index in [0.717, 1.165) is 17.5 Å². The van der Waals surface area contributed by atoms with E-state index >= 15 is 0 Å². The van der Waals surface area contributed by atoms with E-state index in [1.807, 2.05) is 38.1 Å². The van der Waals surface area contributed by atoms with Crippen molar-refractivity contribution < 1.29 is 4.79 Å². The van der Waals surface area contributed by atoms with Crippen molar-refractivity contribution in [2.45, 2.75) is 26.7 Å². The van der Waals surface area contributed by atoms with E-state index in [-0.39, 0.29) is 11.7 Å². The van der Waals surface area contributed by atoms with Crippen molar-refractivity contribution in [1.29, 1.82) is 5.26 Å². The summed E-state index contributed by atoms with van der Waals surface area (Å²) in [6, 6.07) is 9.64. The van der Waals surface area contributed by atoms with Crippen molar-refractivity contribution in [1.82, 2.24) is 0 Å². The van der Waals surface area contributed by atoms with Crippen LogP contribution >= 0.6 is 0 Å². The van der Waals surface area contributed by atoms with Gasteiger partial charge in [-0.2, -0.15) is 5.26 Å². The molecule has 0 atom stereocenters. The fourth-order valence-electron chi connectivity index (χ4n) is 1.37. The lowest BCUT2D eigenvalue weighted by Gasteiger charge is -2.04. The van der Waals surface area contributed by atoms with E-state index in [4.69, 9.17) is 5.26 Å². The van der Waals surface area contributed by atoms with Gasteiger partial charge in [-0.3, -0.25) is 4.79 Å². The first-order valence-electron chi connectivity index (χ1n) is 5.15. The second kappa shape index (κ2) is 5.31. The van der Waals surface area contributed by atoms with Gasteiger partial charge in [0.25, 0.3) is 0 Å². The molecule has 1 aromatic rings. The zero-order valence-corrected chi connectivity index (χ0v) is 9.16. The molecule has 0 spiro atoms. The summed E-state index contributed by atoms with van der Waals surface area (Å²) in [5.41, 5.74) is 1.86. The Morgan fingerprint density at radius 2 is 1.93 bits per heavy atom. The fraction of sp³-hybridized carbons (Fsp3) is 0.385. The molecule has 0 saturated carbocycles. The summed E-state index contributed by atoms with van der Waals surface area (Å²) in [5.74, 6) is 0.205. The minimum absolute atomic E-state index is 0.0370. The normalized spacial score (nSPS) is 10.0. The Balaban J connectivity index is 2.73. The summed E-state index contributed by atoms with van der Waals surface area (Å²) in [5, 5.41) is 8.44. The number of ketones is 1. The molecular weight excluding hydrogens is 186 g/mol. The topological polar surface area (TPSA) is 40.9 Å². The molecule has 1 aromatic carbocycles. The number of nitrogens with zero attached hydrogens (tertiary/aromatic N) is 1. The average molecular weight is 201 g/mol. The van der Waals surface area contributed by atoms with Crippen LogP contribution in [0.3, 0.4) is 0 Å². The first-order valence-corrected chi connectivity index (χ1v) is 5.15. The third-order valence-corrected chi connectivity index (χ3v) is 2.29. The molecule has 0 aromatic heterocycles. The summed E-state index contributed by atoms with van der Waals surface area (Å²) in [7, 11) is 0. The second-order valence-corrected chi connectivity index (χ2v) is 3.87. The molecular formula is C13H15NO. The predicted octanol–water partition coefficient (Wildman–Crippen LogP) is 2.98. The molecule has 1 rings (SSSR count). The number of hydrogen-bond donors (Lipinski definition) is 0. The van der Waals surface area contributed by atoms with Gasteiger partial charge < -0.3 is 0 Å². The van der Waals surface area contributed by atoms with Crippen molar-refractivity contribution in [2.24, 2.45) is 5.92 Å². The molecule has 0 heterocycles. The predicted molar refractivity (Wildman–Crippen MR) is 59.5 cm³/mol. The lowest BCUT2D eigenvalue weighted by molar-refractivity contribution is 0.0939. The standard InChI is InChI=1S/C13H15NO/c1-10(2)13(15)12-7-5-11(6-8-12)4-3-9-14/h5-8,10H,3-4H2,1-2H3. The molecule has 0 aliphatic carbocycles. The lowest BCUT2D eigenvalue weighted by atomic mass is 9.99. The molecule has 2 heteroatoms. The van der Waals surface area contributed by atoms with Crippen LogP contribution in [0.25, 0.3) is 0 Å². The average Bonchev–Trinajstić information content (AvgIpc) is 2.26. The van der Waals surface area contributed by atoms with Gasteiger partial charge in [-0.25, -0.2) is 0 Å². The molecule has 0 unspecified atom stereocenters. The number of aryl methyl sites for hydroxylation is 1. The zero-order chi connectivity index (χ0) is 11.3. The summed E-state index contributed by atoms with van der Waals surface area (Å²) in [4.78, 5) is 11.6. The number of carbonyl (C=O) groups excluding carboxylic acids is 1. The number of Topliss-reactive ketones (excluding diaryl/α,β-unsaturated/α-hetero) is 1. The van der Waals surface area contributed by atoms with E-state index in [1.165, 1.54) is 0 Å². The molecule has 0 saturated heterocycles. The van der Waals surface area contributed by atoms with Crippen LogP contribution in [0.5, 0.6) is 0 Å². The largest absolute Gasteiger partial charge is 0.294 e. The molecule has 0 fully saturated rings. The van der Waals surface area contributed by atoms with Gasteiger partial charge in [0.2, 0.25) is 0 Å². The lowest BCUT2D eigenvalue weighted by Crippen LogP contribution is -2.07. The van der Waals surface area contributed by atoms with Crippen LogP contribution in [0.4, 0.5) is 0 Å². The van der Waals surface area contributed by atoms with Crippen LogP contribution in [-0.2, 0) is 6.42 Å². The van der Waals surface area contributed by atoms with Crippen molar-refractivity contribution in [3.8, 4) is 6.07 Å². The Labute approximate surface area is 90.5 Å². The third-order valence-electron chi connectivity index (χ3n) is 2.29. The Hall–Kier alpha value is -1.62. The van der Waals surface area contributed by atoms with Gasteiger partial charge in [0.15, 0.2) is 5.78 Å². The molecule has 0 radical (unpaired) electrons. The Morgan fingerprint density at radius 1 is 1.33 bits per heavy atom. The van der Waals surface area contributed by atoms with Crippen molar-refractivity contribution in [3.05, 3.63) is 35.4 Å². The van der Waals surface area contributed by atoms with Gasteiger partial charge in [-0.15, -0.1) is 0 Å². The highest BCUT2D eigenvalue weighted by Crippen LogP contribution is 2.11. The first-order chi connectivity index (χ1) is 7.15. The first kappa shape index (κ1) is 11.5. The monoisotopic (exact) mass is 201 g/mol. The van der Waals surface area contributed by atoms with Crippen LogP contribution in [0.15, 0.2) is 24.3 Å². The van der Waals surface area contributed by atoms with Crippen molar-refractivity contribution >= 4 is 5.78 Å². The van der Waals surface area contributed by atoms with E-state index < -0.39 is 0 Å². The van der Waals surface area contributed by atoms with E-state index in [0.29, 0.717) is 6.42 Å². The maximum Gasteiger partial charge on any atom is 0.165 e. The minimum atomic E-state index is 0.0370. The van der Waals surface area contributed by atoms with Crippen molar-refractivity contribution in [2.75, 3.05) is 0 Å². The number of rotatable bonds is 4. The van der Waals surface area contributed by atoms with Crippen LogP contribution in [0.2, 0.25) is 0 Å². The highest BCUT2D eigenvalue weighted by Gasteiger charge is 2.09. The molecule has 2 nitrogen and oxygen atoms in total. The minimum Gasteiger partial charge on any atom is -0.294 e. The second-order valence-electron chi connectivity index (χ2n) is 3.87. The summed E-state index contributed by atoms with van der Waals surface area (Å²) >= 11 is 0. The van der Waals surface area contributed by atoms with Gasteiger partial charge in [-0.1, -0.05) is 38.1 Å². The summed E-state index contributed by atoms with van der Waals surface area (Å²) < 4.78 is 0. The van der Waals surface area contributed by atoms with Crippen molar-refractivity contribution in [3.63, 3.8) is 0 Å². The van der Waals surface area contributed by atoms with Gasteiger partial charge in [-0.05, 0) is 12.0 Å². The maximum atomic E-state index is 11.6. The summed E-state index contributed by atoms with van der Waals surface area (Å²) in [6.07, 6.45) is 1.28. The molecule has 0 amide bonds. The number of benzene rings is 1. The Kier molecular flexibility index (Phi) is 4.05. The van der Waals surface area contributed by atoms with Crippen LogP contribution in [-0.4, -0.2) is 5.78 Å². The fourth-order valence-corrected chi connectivity index (χ4v) is 1.37. The highest BCUT2D eigenvalue weighted by atomic mass is 16.1. The Bertz CT molecular complexity index is 371. The van der Waals surface area contributed by atoms with Gasteiger partial charge in [0.05, 0.1) is 6.07 Å². The van der Waals surface area contributed by atoms with Crippen LogP contribution in [0.1, 0.15) is 36.2 Å². The van der Waals surface area contributed by atoms with Crippen LogP contribution in [0, 0.1) is 17.2 Å². The smallest absolute Gasteiger partial charge is 0.165 e. The third kappa shape index (κ3) is 3.21. The number of hydrogen-bond acceptors (Lipinski definition) is 2. The quantitative estimate of drug-likeness (QED) is 0.702. The van der Waals surface area contributed by atoms with E-state index in [9.17, 15) is 4.79 Å². The molecule has 0 aliphatic rings. The molecule has 78 valence electrons. The van der Waals surface area contributed by atoms with Crippen LogP contribution < -0.4 is 0 Å². The van der Waals surface area contributed by atoms with E-state index in [1.54, 1.807) is 0 Å². The molecule has 0 N–H and O–H groups in total. The number of carbonyl (C=O) groups is 1. The maximum absolute atomic E-state index is 11.6. The molecule has 15 heavy (non-hydrogen) atoms. The van der Waals surface area contributed by atoms with Gasteiger partial charge in [0.1, 0.15) is 0 Å². The number of nitriles is 1. The molecule has 0 aliphatic heterocycles. The highest BCUT2D eigenvalue weighted by molar-refractivity contribution is 5.97. The van der Waals surface area contributed by atoms with Gasteiger partial charge in [0, 0.05) is 17.9 Å². The SMILES string of the molecule is CC(C)C(=O)c1ccc(CCC#N)cc1. The molecule has 0 bridgehead atoms. The van der Waals surface area contributed by atoms with Gasteiger partial charge >= 0.3 is 0 Å². The van der Waals surface area contributed by atoms with E-state index in [2.05, 4.69) is 6.07 Å². The summed E-state index contributed by atoms with van der Waals surface area (Å²) in [6.45, 7) is 3.79.